The molecule has 0 spiro atoms. The number of hydrogen-bond donors (Lipinski definition) is 0. The molecule has 1 aromatic carbocycles. The zero-order valence-corrected chi connectivity index (χ0v) is 14.5. The van der Waals surface area contributed by atoms with Crippen molar-refractivity contribution in [1.29, 1.82) is 0 Å². The maximum absolute atomic E-state index is 12.5. The van der Waals surface area contributed by atoms with Crippen LogP contribution in [0.2, 0.25) is 5.02 Å². The molecule has 1 aromatic heterocycles. The third-order valence-corrected chi connectivity index (χ3v) is 5.14. The fourth-order valence-corrected chi connectivity index (χ4v) is 3.71. The monoisotopic (exact) mass is 343 g/mol. The minimum atomic E-state index is -3.22. The molecular weight excluding hydrogens is 325 g/mol. The fourth-order valence-electron chi connectivity index (χ4n) is 2.08. The Morgan fingerprint density at radius 3 is 2.32 bits per heavy atom. The number of nitrogens with zero attached hydrogens (tertiary/aromatic N) is 1. The topological polar surface area (TPSA) is 61.6 Å². The molecule has 0 aliphatic carbocycles. The lowest BCUT2D eigenvalue weighted by Crippen LogP contribution is -1.99. The van der Waals surface area contributed by atoms with Gasteiger partial charge in [-0.15, -0.1) is 0 Å². The lowest BCUT2D eigenvalue weighted by Gasteiger charge is -2.14. The fraction of sp³-hybridized carbons (Fsp3) is 0.400. The first-order valence-corrected chi connectivity index (χ1v) is 9.18. The van der Waals surface area contributed by atoms with Gasteiger partial charge in [0.1, 0.15) is 6.16 Å². The van der Waals surface area contributed by atoms with Crippen LogP contribution in [0.5, 0.6) is 0 Å². The van der Waals surface area contributed by atoms with Crippen LogP contribution in [-0.4, -0.2) is 18.2 Å². The molecule has 0 atom stereocenters. The van der Waals surface area contributed by atoms with Gasteiger partial charge in [-0.25, -0.2) is 4.98 Å². The van der Waals surface area contributed by atoms with Gasteiger partial charge in [-0.1, -0.05) is 11.6 Å². The smallest absolute Gasteiger partial charge is 0.339 e. The van der Waals surface area contributed by atoms with Crippen LogP contribution in [0.3, 0.4) is 0 Å². The van der Waals surface area contributed by atoms with E-state index < -0.39 is 7.60 Å². The van der Waals surface area contributed by atoms with Crippen molar-refractivity contribution in [2.45, 2.75) is 26.9 Å². The number of aromatic nitrogens is 1. The van der Waals surface area contributed by atoms with E-state index in [4.69, 9.17) is 25.1 Å². The largest absolute Gasteiger partial charge is 0.440 e. The van der Waals surface area contributed by atoms with Crippen molar-refractivity contribution in [3.63, 3.8) is 0 Å². The molecule has 0 N–H and O–H groups in total. The summed E-state index contributed by atoms with van der Waals surface area (Å²) in [5.74, 6) is 0.971. The summed E-state index contributed by atoms with van der Waals surface area (Å²) in [5.41, 5.74) is 1.58. The Balaban J connectivity index is 2.25. The highest BCUT2D eigenvalue weighted by Gasteiger charge is 2.27. The molecule has 0 radical (unpaired) electrons. The van der Waals surface area contributed by atoms with Crippen molar-refractivity contribution >= 4 is 19.2 Å². The third kappa shape index (κ3) is 4.20. The number of rotatable bonds is 7. The highest BCUT2D eigenvalue weighted by molar-refractivity contribution is 7.52. The second-order valence-electron chi connectivity index (χ2n) is 4.63. The maximum atomic E-state index is 12.5. The number of oxazole rings is 1. The standard InChI is InChI=1S/C15H19ClNO4P/c1-4-19-22(18,20-5-2)10-14-17-11(3)15(21-14)12-6-8-13(16)9-7-12/h6-9H,4-5,10H2,1-3H3. The van der Waals surface area contributed by atoms with Crippen molar-refractivity contribution in [2.24, 2.45) is 0 Å². The van der Waals surface area contributed by atoms with Crippen molar-refractivity contribution in [3.8, 4) is 11.3 Å². The lowest BCUT2D eigenvalue weighted by atomic mass is 10.1. The summed E-state index contributed by atoms with van der Waals surface area (Å²) in [5, 5.41) is 0.651. The zero-order chi connectivity index (χ0) is 16.2. The van der Waals surface area contributed by atoms with Crippen LogP contribution in [0.25, 0.3) is 11.3 Å². The first-order chi connectivity index (χ1) is 10.5. The van der Waals surface area contributed by atoms with Crippen molar-refractivity contribution in [3.05, 3.63) is 40.9 Å². The number of hydrogen-bond acceptors (Lipinski definition) is 5. The Labute approximate surface area is 135 Å². The van der Waals surface area contributed by atoms with E-state index in [1.54, 1.807) is 26.0 Å². The molecule has 5 nitrogen and oxygen atoms in total. The lowest BCUT2D eigenvalue weighted by molar-refractivity contribution is 0.217. The Hall–Kier alpha value is -1.13. The van der Waals surface area contributed by atoms with Crippen molar-refractivity contribution in [2.75, 3.05) is 13.2 Å². The molecule has 0 bridgehead atoms. The van der Waals surface area contributed by atoms with Crippen LogP contribution >= 0.6 is 19.2 Å². The predicted molar refractivity (Wildman–Crippen MR) is 86.2 cm³/mol. The average molecular weight is 344 g/mol. The molecule has 0 saturated carbocycles. The van der Waals surface area contributed by atoms with Gasteiger partial charge in [0.15, 0.2) is 5.76 Å². The first-order valence-electron chi connectivity index (χ1n) is 7.07. The number of benzene rings is 1. The summed E-state index contributed by atoms with van der Waals surface area (Å²) in [4.78, 5) is 4.33. The second kappa shape index (κ2) is 7.42. The maximum Gasteiger partial charge on any atom is 0.339 e. The van der Waals surface area contributed by atoms with Gasteiger partial charge in [0.25, 0.3) is 0 Å². The van der Waals surface area contributed by atoms with Gasteiger partial charge < -0.3 is 13.5 Å². The zero-order valence-electron chi connectivity index (χ0n) is 12.8. The molecule has 1 heterocycles. The van der Waals surface area contributed by atoms with Gasteiger partial charge in [0.05, 0.1) is 18.9 Å². The van der Waals surface area contributed by atoms with Crippen LogP contribution in [0, 0.1) is 6.92 Å². The summed E-state index contributed by atoms with van der Waals surface area (Å²) >= 11 is 5.88. The molecule has 2 aromatic rings. The Morgan fingerprint density at radius 2 is 1.77 bits per heavy atom. The van der Waals surface area contributed by atoms with E-state index in [-0.39, 0.29) is 6.16 Å². The number of aryl methyl sites for hydroxylation is 1. The second-order valence-corrected chi connectivity index (χ2v) is 7.12. The molecule has 7 heteroatoms. The minimum Gasteiger partial charge on any atom is -0.440 e. The van der Waals surface area contributed by atoms with Gasteiger partial charge in [-0.2, -0.15) is 0 Å². The Bertz CT molecular complexity index is 659. The van der Waals surface area contributed by atoms with Crippen molar-refractivity contribution in [1.82, 2.24) is 4.98 Å². The van der Waals surface area contributed by atoms with Crippen LogP contribution in [0.4, 0.5) is 0 Å². The molecule has 22 heavy (non-hydrogen) atoms. The molecule has 0 aliphatic rings. The number of halogens is 1. The summed E-state index contributed by atoms with van der Waals surface area (Å²) in [6.07, 6.45) is 0.0170. The highest BCUT2D eigenvalue weighted by atomic mass is 35.5. The molecule has 2 rings (SSSR count). The van der Waals surface area contributed by atoms with Crippen LogP contribution in [0.15, 0.2) is 28.7 Å². The van der Waals surface area contributed by atoms with Crippen molar-refractivity contribution < 1.29 is 18.0 Å². The molecule has 0 aliphatic heterocycles. The Morgan fingerprint density at radius 1 is 1.18 bits per heavy atom. The summed E-state index contributed by atoms with van der Waals surface area (Å²) in [6.45, 7) is 5.99. The molecule has 0 amide bonds. The third-order valence-electron chi connectivity index (χ3n) is 2.93. The first kappa shape index (κ1) is 17.2. The molecule has 120 valence electrons. The van der Waals surface area contributed by atoms with E-state index in [0.717, 1.165) is 11.3 Å². The van der Waals surface area contributed by atoms with Gasteiger partial charge in [-0.3, -0.25) is 4.57 Å². The van der Waals surface area contributed by atoms with Gasteiger partial charge in [-0.05, 0) is 45.0 Å². The summed E-state index contributed by atoms with van der Waals surface area (Å²) in [7, 11) is -3.22. The Kier molecular flexibility index (Phi) is 5.81. The summed E-state index contributed by atoms with van der Waals surface area (Å²) < 4.78 is 28.8. The van der Waals surface area contributed by atoms with E-state index in [9.17, 15) is 4.57 Å². The summed E-state index contributed by atoms with van der Waals surface area (Å²) in [6, 6.07) is 7.27. The normalized spacial score (nSPS) is 11.8. The molecule has 0 fully saturated rings. The minimum absolute atomic E-state index is 0.0170. The van der Waals surface area contributed by atoms with E-state index in [0.29, 0.717) is 29.9 Å². The van der Waals surface area contributed by atoms with Crippen LogP contribution in [-0.2, 0) is 19.8 Å². The SMILES string of the molecule is CCOP(=O)(Cc1nc(C)c(-c2ccc(Cl)cc2)o1)OCC. The molecule has 0 saturated heterocycles. The van der Waals surface area contributed by atoms with Gasteiger partial charge in [0.2, 0.25) is 5.89 Å². The highest BCUT2D eigenvalue weighted by Crippen LogP contribution is 2.51. The predicted octanol–water partition coefficient (Wildman–Crippen LogP) is 5.07. The molecular formula is C15H19ClNO4P. The quantitative estimate of drug-likeness (QED) is 0.657. The average Bonchev–Trinajstić information content (AvgIpc) is 2.80. The molecule has 0 unspecified atom stereocenters. The van der Waals surface area contributed by atoms with E-state index in [1.807, 2.05) is 19.1 Å². The van der Waals surface area contributed by atoms with Gasteiger partial charge >= 0.3 is 7.60 Å². The van der Waals surface area contributed by atoms with Crippen LogP contribution < -0.4 is 0 Å². The van der Waals surface area contributed by atoms with Crippen LogP contribution in [0.1, 0.15) is 25.4 Å². The van der Waals surface area contributed by atoms with E-state index in [2.05, 4.69) is 4.98 Å². The van der Waals surface area contributed by atoms with Gasteiger partial charge in [0, 0.05) is 10.6 Å². The van der Waals surface area contributed by atoms with E-state index >= 15 is 0 Å². The van der Waals surface area contributed by atoms with E-state index in [1.165, 1.54) is 0 Å².